The highest BCUT2D eigenvalue weighted by Gasteiger charge is 2.35. The van der Waals surface area contributed by atoms with E-state index in [9.17, 15) is 0 Å². The molecule has 4 rings (SSSR count). The van der Waals surface area contributed by atoms with E-state index in [1.807, 2.05) is 0 Å². The molecular weight excluding hydrogens is 508 g/mol. The van der Waals surface area contributed by atoms with Gasteiger partial charge in [-0.15, -0.1) is 0 Å². The number of rotatable bonds is 16. The van der Waals surface area contributed by atoms with Gasteiger partial charge in [0, 0.05) is 0 Å². The van der Waals surface area contributed by atoms with Gasteiger partial charge in [0.15, 0.2) is 0 Å². The fourth-order valence-corrected chi connectivity index (χ4v) is 9.36. The Hall–Kier alpha value is -0.980. The van der Waals surface area contributed by atoms with Crippen molar-refractivity contribution in [2.24, 2.45) is 29.6 Å². The first-order chi connectivity index (χ1) is 20.8. The number of hydrogen-bond donors (Lipinski definition) is 0. The van der Waals surface area contributed by atoms with Gasteiger partial charge in [0.2, 0.25) is 0 Å². The summed E-state index contributed by atoms with van der Waals surface area (Å²) in [5.41, 5.74) is 1.50. The minimum absolute atomic E-state index is 0.886. The summed E-state index contributed by atoms with van der Waals surface area (Å²) in [5, 5.41) is 0. The van der Waals surface area contributed by atoms with Crippen LogP contribution in [0.3, 0.4) is 0 Å². The maximum absolute atomic E-state index is 6.49. The van der Waals surface area contributed by atoms with E-state index in [-0.39, 0.29) is 0 Å². The van der Waals surface area contributed by atoms with Crippen molar-refractivity contribution in [1.29, 1.82) is 0 Å². The van der Waals surface area contributed by atoms with Crippen LogP contribution in [-0.2, 0) is 6.42 Å². The van der Waals surface area contributed by atoms with E-state index in [1.165, 1.54) is 185 Å². The lowest BCUT2D eigenvalue weighted by Gasteiger charge is -2.42. The van der Waals surface area contributed by atoms with Gasteiger partial charge in [-0.05, 0) is 73.0 Å². The molecule has 1 nitrogen and oxygen atoms in total. The fourth-order valence-electron chi connectivity index (χ4n) is 9.36. The van der Waals surface area contributed by atoms with Crippen molar-refractivity contribution < 1.29 is 4.74 Å². The Morgan fingerprint density at radius 3 is 1.95 bits per heavy atom. The third-order valence-electron chi connectivity index (χ3n) is 11.9. The second-order valence-corrected chi connectivity index (χ2v) is 15.1. The number of unbranched alkanes of at least 4 members (excludes halogenated alkanes) is 4. The zero-order chi connectivity index (χ0) is 29.1. The van der Waals surface area contributed by atoms with Gasteiger partial charge in [-0.3, -0.25) is 0 Å². The molecule has 42 heavy (non-hydrogen) atoms. The topological polar surface area (TPSA) is 9.23 Å². The summed E-state index contributed by atoms with van der Waals surface area (Å²) in [6.07, 6.45) is 40.6. The van der Waals surface area contributed by atoms with E-state index < -0.39 is 0 Å². The first-order valence-corrected chi connectivity index (χ1v) is 19.5. The molecule has 3 aliphatic rings. The largest absolute Gasteiger partial charge is 0.494 e. The number of aryl methyl sites for hydroxylation is 1. The Bertz CT molecular complexity index is 767. The molecule has 0 spiro atoms. The molecule has 0 amide bonds. The predicted octanol–water partition coefficient (Wildman–Crippen LogP) is 13.3. The van der Waals surface area contributed by atoms with Crippen molar-refractivity contribution in [3.05, 3.63) is 29.8 Å². The van der Waals surface area contributed by atoms with Gasteiger partial charge in [-0.2, -0.15) is 0 Å². The summed E-state index contributed by atoms with van der Waals surface area (Å²) in [6, 6.07) is 9.23. The minimum Gasteiger partial charge on any atom is -0.494 e. The Balaban J connectivity index is 1.21. The number of hydrogen-bond acceptors (Lipinski definition) is 1. The highest BCUT2D eigenvalue weighted by Crippen LogP contribution is 2.45. The summed E-state index contributed by atoms with van der Waals surface area (Å²) in [4.78, 5) is 0. The Morgan fingerprint density at radius 1 is 0.619 bits per heavy atom. The zero-order valence-electron chi connectivity index (χ0n) is 28.1. The van der Waals surface area contributed by atoms with Crippen LogP contribution in [0.4, 0.5) is 0 Å². The van der Waals surface area contributed by atoms with Gasteiger partial charge in [0.05, 0.1) is 6.61 Å². The first kappa shape index (κ1) is 33.9. The van der Waals surface area contributed by atoms with Crippen LogP contribution in [0.5, 0.6) is 5.75 Å². The average Bonchev–Trinajstić information content (AvgIpc) is 2.98. The molecule has 3 unspecified atom stereocenters. The standard InChI is InChI=1S/C41H70O/c1-2-3-11-24-37-27-18-19-28-40(37)41(38-25-16-8-5-9-17-26-38)33-34-42-39-31-29-36(30-32-39)23-15-10-14-22-35-20-12-6-4-7-13-21-35/h29-32,35,37-38,40-41H,2-28,33-34H2,1H3. The molecule has 1 heteroatoms. The van der Waals surface area contributed by atoms with Crippen LogP contribution in [0.25, 0.3) is 0 Å². The maximum atomic E-state index is 6.49. The third-order valence-corrected chi connectivity index (χ3v) is 11.9. The maximum Gasteiger partial charge on any atom is 0.119 e. The van der Waals surface area contributed by atoms with Crippen LogP contribution in [0.2, 0.25) is 0 Å². The van der Waals surface area contributed by atoms with Crippen LogP contribution in [0.15, 0.2) is 24.3 Å². The van der Waals surface area contributed by atoms with Gasteiger partial charge < -0.3 is 4.74 Å². The van der Waals surface area contributed by atoms with Crippen LogP contribution < -0.4 is 4.74 Å². The van der Waals surface area contributed by atoms with Gasteiger partial charge in [-0.25, -0.2) is 0 Å². The smallest absolute Gasteiger partial charge is 0.119 e. The Kier molecular flexibility index (Phi) is 16.9. The second-order valence-electron chi connectivity index (χ2n) is 15.1. The van der Waals surface area contributed by atoms with E-state index in [0.717, 1.165) is 41.9 Å². The quantitative estimate of drug-likeness (QED) is 0.177. The third kappa shape index (κ3) is 12.6. The van der Waals surface area contributed by atoms with Gasteiger partial charge in [-0.1, -0.05) is 173 Å². The molecule has 240 valence electrons. The molecule has 3 aliphatic carbocycles. The van der Waals surface area contributed by atoms with E-state index in [0.29, 0.717) is 0 Å². The fraction of sp³-hybridized carbons (Fsp3) is 0.854. The Labute approximate surface area is 262 Å². The van der Waals surface area contributed by atoms with Crippen LogP contribution >= 0.6 is 0 Å². The lowest BCUT2D eigenvalue weighted by Crippen LogP contribution is -2.33. The van der Waals surface area contributed by atoms with Gasteiger partial charge in [0.25, 0.3) is 0 Å². The number of ether oxygens (including phenoxy) is 1. The summed E-state index contributed by atoms with van der Waals surface area (Å²) in [7, 11) is 0. The van der Waals surface area contributed by atoms with Crippen molar-refractivity contribution in [3.8, 4) is 5.75 Å². The summed E-state index contributed by atoms with van der Waals surface area (Å²) >= 11 is 0. The molecule has 0 bridgehead atoms. The molecule has 3 fully saturated rings. The van der Waals surface area contributed by atoms with E-state index >= 15 is 0 Å². The molecule has 0 aliphatic heterocycles. The van der Waals surface area contributed by atoms with Gasteiger partial charge >= 0.3 is 0 Å². The molecule has 3 atom stereocenters. The predicted molar refractivity (Wildman–Crippen MR) is 183 cm³/mol. The summed E-state index contributed by atoms with van der Waals surface area (Å²) < 4.78 is 6.49. The second kappa shape index (κ2) is 20.9. The van der Waals surface area contributed by atoms with Crippen LogP contribution in [-0.4, -0.2) is 6.61 Å². The highest BCUT2D eigenvalue weighted by molar-refractivity contribution is 5.27. The van der Waals surface area contributed by atoms with E-state index in [2.05, 4.69) is 31.2 Å². The normalized spacial score (nSPS) is 24.3. The van der Waals surface area contributed by atoms with Crippen molar-refractivity contribution in [3.63, 3.8) is 0 Å². The van der Waals surface area contributed by atoms with Crippen molar-refractivity contribution in [1.82, 2.24) is 0 Å². The molecule has 0 N–H and O–H groups in total. The lowest BCUT2D eigenvalue weighted by molar-refractivity contribution is 0.0746. The molecular formula is C41H70O. The minimum atomic E-state index is 0.886. The monoisotopic (exact) mass is 579 g/mol. The molecule has 0 aromatic heterocycles. The van der Waals surface area contributed by atoms with E-state index in [1.54, 1.807) is 0 Å². The first-order valence-electron chi connectivity index (χ1n) is 19.5. The molecule has 0 radical (unpaired) electrons. The molecule has 0 heterocycles. The van der Waals surface area contributed by atoms with Crippen molar-refractivity contribution in [2.45, 2.75) is 187 Å². The Morgan fingerprint density at radius 2 is 1.24 bits per heavy atom. The summed E-state index contributed by atoms with van der Waals surface area (Å²) in [5.74, 6) is 5.90. The summed E-state index contributed by atoms with van der Waals surface area (Å²) in [6.45, 7) is 3.28. The van der Waals surface area contributed by atoms with Crippen LogP contribution in [0.1, 0.15) is 186 Å². The highest BCUT2D eigenvalue weighted by atomic mass is 16.5. The molecule has 3 saturated carbocycles. The van der Waals surface area contributed by atoms with Crippen molar-refractivity contribution >= 4 is 0 Å². The van der Waals surface area contributed by atoms with Crippen LogP contribution in [0, 0.1) is 29.6 Å². The average molecular weight is 579 g/mol. The molecule has 1 aromatic rings. The SMILES string of the molecule is CCCCCC1CCCCC1C(CCOc1ccc(CCCCCC2CCCCCCC2)cc1)C1CCCCCCC1. The lowest BCUT2D eigenvalue weighted by atomic mass is 9.64. The number of benzene rings is 1. The van der Waals surface area contributed by atoms with Crippen molar-refractivity contribution in [2.75, 3.05) is 6.61 Å². The van der Waals surface area contributed by atoms with E-state index in [4.69, 9.17) is 4.74 Å². The molecule has 1 aromatic carbocycles. The van der Waals surface area contributed by atoms with Gasteiger partial charge in [0.1, 0.15) is 5.75 Å². The molecule has 0 saturated heterocycles. The zero-order valence-corrected chi connectivity index (χ0v) is 28.1.